The Bertz CT molecular complexity index is 1510. The van der Waals surface area contributed by atoms with Crippen LogP contribution in [-0.4, -0.2) is 19.1 Å². The minimum Gasteiger partial charge on any atom is -0.490 e. The minimum absolute atomic E-state index is 0.0769. The molecule has 1 unspecified atom stereocenters. The number of aryl methyl sites for hydroxylation is 1. The van der Waals surface area contributed by atoms with Crippen molar-refractivity contribution in [2.75, 3.05) is 18.1 Å². The highest BCUT2D eigenvalue weighted by molar-refractivity contribution is 6.10. The van der Waals surface area contributed by atoms with Crippen molar-refractivity contribution in [3.05, 3.63) is 99.4 Å². The predicted molar refractivity (Wildman–Crippen MR) is 145 cm³/mol. The number of para-hydroxylation sites is 1. The summed E-state index contributed by atoms with van der Waals surface area (Å²) in [6, 6.07) is 19.7. The Labute approximate surface area is 216 Å². The first-order valence-electron chi connectivity index (χ1n) is 12.9. The standard InChI is InChI=1S/C31H31NO5/c1-4-6-9-17-36-25-16-15-21(19-26(25)35-5-2)28-27-29(33)23-13-7-8-14-24(23)37-30(27)31(34)32(28)22-12-10-11-20(3)18-22/h7-8,10-16,18-19,28H,4-6,9,17H2,1-3H3. The van der Waals surface area contributed by atoms with Crippen LogP contribution in [0, 0.1) is 6.92 Å². The van der Waals surface area contributed by atoms with Crippen LogP contribution in [-0.2, 0) is 0 Å². The van der Waals surface area contributed by atoms with Gasteiger partial charge in [-0.05, 0) is 67.8 Å². The normalized spacial score (nSPS) is 14.7. The van der Waals surface area contributed by atoms with Gasteiger partial charge in [0.2, 0.25) is 5.76 Å². The van der Waals surface area contributed by atoms with E-state index in [1.54, 1.807) is 29.2 Å². The van der Waals surface area contributed by atoms with E-state index in [9.17, 15) is 9.59 Å². The minimum atomic E-state index is -0.668. The Hall–Kier alpha value is -4.06. The number of anilines is 1. The lowest BCUT2D eigenvalue weighted by Gasteiger charge is -2.26. The van der Waals surface area contributed by atoms with Crippen molar-refractivity contribution in [3.63, 3.8) is 0 Å². The van der Waals surface area contributed by atoms with Gasteiger partial charge >= 0.3 is 0 Å². The number of unbranched alkanes of at least 4 members (excludes halogenated alkanes) is 2. The van der Waals surface area contributed by atoms with Crippen molar-refractivity contribution in [1.82, 2.24) is 0 Å². The molecule has 190 valence electrons. The summed E-state index contributed by atoms with van der Waals surface area (Å²) in [5.41, 5.74) is 2.99. The molecule has 0 aliphatic carbocycles. The molecule has 0 fully saturated rings. The zero-order chi connectivity index (χ0) is 25.9. The van der Waals surface area contributed by atoms with Crippen molar-refractivity contribution >= 4 is 22.6 Å². The number of fused-ring (bicyclic) bond motifs is 2. The number of carbonyl (C=O) groups excluding carboxylic acids is 1. The Morgan fingerprint density at radius 1 is 0.892 bits per heavy atom. The van der Waals surface area contributed by atoms with Gasteiger partial charge in [0, 0.05) is 5.69 Å². The number of hydrogen-bond acceptors (Lipinski definition) is 5. The van der Waals surface area contributed by atoms with Crippen LogP contribution in [0.3, 0.4) is 0 Å². The second-order valence-corrected chi connectivity index (χ2v) is 9.28. The third-order valence-corrected chi connectivity index (χ3v) is 6.65. The van der Waals surface area contributed by atoms with Crippen LogP contribution in [0.15, 0.2) is 75.9 Å². The van der Waals surface area contributed by atoms with Crippen LogP contribution in [0.5, 0.6) is 11.5 Å². The first-order chi connectivity index (χ1) is 18.0. The lowest BCUT2D eigenvalue weighted by Crippen LogP contribution is -2.29. The van der Waals surface area contributed by atoms with Crippen LogP contribution >= 0.6 is 0 Å². The van der Waals surface area contributed by atoms with E-state index in [0.717, 1.165) is 30.4 Å². The lowest BCUT2D eigenvalue weighted by molar-refractivity contribution is 0.0971. The summed E-state index contributed by atoms with van der Waals surface area (Å²) in [6.45, 7) is 7.11. The second kappa shape index (κ2) is 10.5. The molecule has 4 aromatic rings. The summed E-state index contributed by atoms with van der Waals surface area (Å²) in [6.07, 6.45) is 3.17. The zero-order valence-corrected chi connectivity index (χ0v) is 21.5. The molecule has 1 aliphatic rings. The molecule has 2 heterocycles. The fraction of sp³-hybridized carbons (Fsp3) is 0.290. The number of carbonyl (C=O) groups is 1. The van der Waals surface area contributed by atoms with Crippen LogP contribution in [0.25, 0.3) is 11.0 Å². The Morgan fingerprint density at radius 3 is 2.51 bits per heavy atom. The molecule has 1 amide bonds. The highest BCUT2D eigenvalue weighted by Crippen LogP contribution is 2.43. The van der Waals surface area contributed by atoms with Gasteiger partial charge in [0.1, 0.15) is 5.58 Å². The second-order valence-electron chi connectivity index (χ2n) is 9.28. The number of amides is 1. The summed E-state index contributed by atoms with van der Waals surface area (Å²) in [7, 11) is 0. The molecule has 1 aromatic heterocycles. The van der Waals surface area contributed by atoms with Gasteiger partial charge in [-0.15, -0.1) is 0 Å². The highest BCUT2D eigenvalue weighted by atomic mass is 16.5. The molecule has 37 heavy (non-hydrogen) atoms. The molecule has 6 heteroatoms. The van der Waals surface area contributed by atoms with Gasteiger partial charge in [0.05, 0.1) is 30.2 Å². The Kier molecular flexibility index (Phi) is 6.99. The first-order valence-corrected chi connectivity index (χ1v) is 12.9. The fourth-order valence-electron chi connectivity index (χ4n) is 4.90. The monoisotopic (exact) mass is 497 g/mol. The van der Waals surface area contributed by atoms with E-state index in [0.29, 0.717) is 46.9 Å². The fourth-order valence-corrected chi connectivity index (χ4v) is 4.90. The van der Waals surface area contributed by atoms with E-state index in [2.05, 4.69) is 6.92 Å². The summed E-state index contributed by atoms with van der Waals surface area (Å²) in [5.74, 6) is 0.977. The molecule has 6 nitrogen and oxygen atoms in total. The number of rotatable bonds is 9. The predicted octanol–water partition coefficient (Wildman–Crippen LogP) is 6.82. The van der Waals surface area contributed by atoms with E-state index < -0.39 is 6.04 Å². The molecule has 1 atom stereocenters. The van der Waals surface area contributed by atoms with Crippen molar-refractivity contribution in [3.8, 4) is 11.5 Å². The van der Waals surface area contributed by atoms with Crippen molar-refractivity contribution in [2.45, 2.75) is 46.1 Å². The third-order valence-electron chi connectivity index (χ3n) is 6.65. The van der Waals surface area contributed by atoms with E-state index in [1.807, 2.05) is 56.3 Å². The molecule has 0 radical (unpaired) electrons. The van der Waals surface area contributed by atoms with E-state index in [4.69, 9.17) is 13.9 Å². The quantitative estimate of drug-likeness (QED) is 0.237. The van der Waals surface area contributed by atoms with Gasteiger partial charge in [-0.1, -0.05) is 50.1 Å². The van der Waals surface area contributed by atoms with Crippen LogP contribution in [0.2, 0.25) is 0 Å². The average molecular weight is 498 g/mol. The van der Waals surface area contributed by atoms with Crippen LogP contribution in [0.4, 0.5) is 5.69 Å². The molecular weight excluding hydrogens is 466 g/mol. The number of benzene rings is 3. The lowest BCUT2D eigenvalue weighted by atomic mass is 9.97. The van der Waals surface area contributed by atoms with Gasteiger partial charge in [0.15, 0.2) is 16.9 Å². The molecule has 0 saturated heterocycles. The van der Waals surface area contributed by atoms with E-state index >= 15 is 0 Å². The maximum absolute atomic E-state index is 13.8. The van der Waals surface area contributed by atoms with Gasteiger partial charge in [-0.25, -0.2) is 0 Å². The SMILES string of the molecule is CCCCCOc1ccc(C2c3c(oc4ccccc4c3=O)C(=O)N2c2cccc(C)c2)cc1OCC. The van der Waals surface area contributed by atoms with Crippen molar-refractivity contribution in [1.29, 1.82) is 0 Å². The molecule has 0 bridgehead atoms. The smallest absolute Gasteiger partial charge is 0.295 e. The summed E-state index contributed by atoms with van der Waals surface area (Å²) in [4.78, 5) is 29.2. The van der Waals surface area contributed by atoms with Crippen molar-refractivity contribution < 1.29 is 18.7 Å². The summed E-state index contributed by atoms with van der Waals surface area (Å²) in [5, 5.41) is 0.450. The molecule has 1 aliphatic heterocycles. The van der Waals surface area contributed by atoms with E-state index in [-0.39, 0.29) is 17.1 Å². The van der Waals surface area contributed by atoms with Gasteiger partial charge < -0.3 is 13.9 Å². The Morgan fingerprint density at radius 2 is 1.73 bits per heavy atom. The maximum Gasteiger partial charge on any atom is 0.295 e. The largest absolute Gasteiger partial charge is 0.490 e. The number of nitrogens with zero attached hydrogens (tertiary/aromatic N) is 1. The summed E-state index contributed by atoms with van der Waals surface area (Å²) < 4.78 is 18.0. The third kappa shape index (κ3) is 4.59. The average Bonchev–Trinajstić information content (AvgIpc) is 3.20. The molecule has 0 spiro atoms. The van der Waals surface area contributed by atoms with Crippen molar-refractivity contribution in [2.24, 2.45) is 0 Å². The highest BCUT2D eigenvalue weighted by Gasteiger charge is 2.44. The topological polar surface area (TPSA) is 69.0 Å². The molecule has 3 aromatic carbocycles. The van der Waals surface area contributed by atoms with Gasteiger partial charge in [-0.3, -0.25) is 14.5 Å². The van der Waals surface area contributed by atoms with Crippen LogP contribution in [0.1, 0.15) is 66.4 Å². The Balaban J connectivity index is 1.67. The molecule has 5 rings (SSSR count). The number of hydrogen-bond donors (Lipinski definition) is 0. The molecule has 0 N–H and O–H groups in total. The first kappa shape index (κ1) is 24.6. The molecule has 0 saturated carbocycles. The van der Waals surface area contributed by atoms with Crippen LogP contribution < -0.4 is 19.8 Å². The van der Waals surface area contributed by atoms with E-state index in [1.165, 1.54) is 0 Å². The summed E-state index contributed by atoms with van der Waals surface area (Å²) >= 11 is 0. The van der Waals surface area contributed by atoms with Gasteiger partial charge in [-0.2, -0.15) is 0 Å². The maximum atomic E-state index is 13.8. The number of ether oxygens (including phenoxy) is 2. The van der Waals surface area contributed by atoms with Gasteiger partial charge in [0.25, 0.3) is 5.91 Å². The molecular formula is C31H31NO5. The zero-order valence-electron chi connectivity index (χ0n) is 21.5.